The Morgan fingerprint density at radius 3 is 2.40 bits per heavy atom. The molecule has 0 aromatic rings. The summed E-state index contributed by atoms with van der Waals surface area (Å²) in [6.07, 6.45) is 3.40. The van der Waals surface area contributed by atoms with Crippen LogP contribution < -0.4 is 0 Å². The first-order chi connectivity index (χ1) is 4.56. The molecule has 0 aliphatic rings. The van der Waals surface area contributed by atoms with Crippen LogP contribution in [0.15, 0.2) is 0 Å². The zero-order valence-corrected chi connectivity index (χ0v) is 9.25. The van der Waals surface area contributed by atoms with E-state index in [-0.39, 0.29) is 0 Å². The number of unbranched alkanes of at least 4 members (excludes halogenated alkanes) is 2. The largest absolute Gasteiger partial charge is 0.302 e. The third kappa shape index (κ3) is 9.10. The van der Waals surface area contributed by atoms with Gasteiger partial charge in [0.2, 0.25) is 0 Å². The van der Waals surface area contributed by atoms with Gasteiger partial charge in [-0.25, -0.2) is 0 Å². The molecule has 0 aliphatic carbocycles. The van der Waals surface area contributed by atoms with Crippen LogP contribution in [0.4, 0.5) is 0 Å². The van der Waals surface area contributed by atoms with E-state index in [0.29, 0.717) is 6.61 Å². The summed E-state index contributed by atoms with van der Waals surface area (Å²) in [6.45, 7) is 0.964. The molecule has 5 heteroatoms. The zero-order chi connectivity index (χ0) is 8.04. The van der Waals surface area contributed by atoms with Crippen LogP contribution in [0.2, 0.25) is 0 Å². The molecule has 0 rings (SSSR count). The zero-order valence-electron chi connectivity index (χ0n) is 5.91. The maximum absolute atomic E-state index is 5.11. The topological polar surface area (TPSA) is 9.23 Å². The number of rotatable bonds is 5. The van der Waals surface area contributed by atoms with Gasteiger partial charge in [-0.2, -0.15) is 0 Å². The molecule has 0 fully saturated rings. The highest BCUT2D eigenvalue weighted by Crippen LogP contribution is 2.02. The van der Waals surface area contributed by atoms with Crippen LogP contribution in [-0.2, 0) is 33.0 Å². The van der Waals surface area contributed by atoms with E-state index in [1.54, 1.807) is 0 Å². The summed E-state index contributed by atoms with van der Waals surface area (Å²) in [5, 5.41) is 0. The second-order valence-electron chi connectivity index (χ2n) is 1.96. The molecular weight excluding hydrogens is 204 g/mol. The van der Waals surface area contributed by atoms with Crippen molar-refractivity contribution in [3.05, 3.63) is 0 Å². The molecule has 1 nitrogen and oxygen atoms in total. The number of hydrogen-bond donors (Lipinski definition) is 1. The van der Waals surface area contributed by atoms with Gasteiger partial charge < -0.3 is 4.18 Å². The summed E-state index contributed by atoms with van der Waals surface area (Å²) in [4.78, 5) is 0. The normalized spacial score (nSPS) is 11.8. The highest BCUT2D eigenvalue weighted by molar-refractivity contribution is 8.91. The van der Waals surface area contributed by atoms with Crippen LogP contribution in [0.25, 0.3) is 0 Å². The molecule has 0 saturated carbocycles. The molecule has 62 valence electrons. The third-order valence-corrected chi connectivity index (χ3v) is 2.34. The fourth-order valence-corrected chi connectivity index (χ4v) is 1.48. The molecule has 0 aliphatic heterocycles. The molecular formula is C5H12OS4. The van der Waals surface area contributed by atoms with E-state index in [1.165, 1.54) is 12.8 Å². The van der Waals surface area contributed by atoms with Crippen molar-refractivity contribution in [2.75, 3.05) is 6.61 Å². The van der Waals surface area contributed by atoms with E-state index in [9.17, 15) is 0 Å². The van der Waals surface area contributed by atoms with Crippen molar-refractivity contribution in [1.29, 1.82) is 0 Å². The smallest absolute Gasteiger partial charge is 0.0679 e. The predicted molar refractivity (Wildman–Crippen MR) is 56.6 cm³/mol. The summed E-state index contributed by atoms with van der Waals surface area (Å²) < 4.78 is 5.11. The first kappa shape index (κ1) is 11.1. The van der Waals surface area contributed by atoms with Gasteiger partial charge in [0.15, 0.2) is 0 Å². The van der Waals surface area contributed by atoms with Crippen molar-refractivity contribution >= 4 is 40.5 Å². The minimum atomic E-state index is -1.84. The molecule has 0 N–H and O–H groups in total. The molecule has 0 aromatic heterocycles. The Bertz CT molecular complexity index is 160. The average Bonchev–Trinajstić information content (AvgIpc) is 1.78. The maximum atomic E-state index is 5.11. The van der Waals surface area contributed by atoms with Crippen LogP contribution in [-0.4, -0.2) is 6.61 Å². The van der Waals surface area contributed by atoms with Crippen LogP contribution in [0.3, 0.4) is 0 Å². The van der Waals surface area contributed by atoms with Gasteiger partial charge in [0.25, 0.3) is 0 Å². The molecule has 0 heterocycles. The van der Waals surface area contributed by atoms with Crippen LogP contribution in [0, 0.1) is 0 Å². The Balaban J connectivity index is 3.21. The lowest BCUT2D eigenvalue weighted by molar-refractivity contribution is 0.358. The second-order valence-corrected chi connectivity index (χ2v) is 9.52. The van der Waals surface area contributed by atoms with E-state index >= 15 is 0 Å². The second kappa shape index (κ2) is 5.71. The van der Waals surface area contributed by atoms with Gasteiger partial charge in [0, 0.05) is 0 Å². The Hall–Kier alpha value is 1.10. The van der Waals surface area contributed by atoms with E-state index in [0.717, 1.165) is 6.42 Å². The van der Waals surface area contributed by atoms with E-state index in [1.807, 2.05) is 0 Å². The van der Waals surface area contributed by atoms with Crippen molar-refractivity contribution in [1.82, 2.24) is 0 Å². The lowest BCUT2D eigenvalue weighted by Gasteiger charge is -2.02. The number of thiol groups is 1. The summed E-state index contributed by atoms with van der Waals surface area (Å²) in [5.74, 6) is 0. The molecule has 0 radical (unpaired) electrons. The first-order valence-electron chi connectivity index (χ1n) is 3.18. The Morgan fingerprint density at radius 1 is 1.40 bits per heavy atom. The van der Waals surface area contributed by atoms with Crippen molar-refractivity contribution in [3.63, 3.8) is 0 Å². The lowest BCUT2D eigenvalue weighted by atomic mass is 10.3. The molecule has 0 spiro atoms. The fourth-order valence-electron chi connectivity index (χ4n) is 0.516. The Labute approximate surface area is 77.4 Å². The summed E-state index contributed by atoms with van der Waals surface area (Å²) >= 11 is 13.5. The molecule has 10 heavy (non-hydrogen) atoms. The first-order valence-corrected chi connectivity index (χ1v) is 7.64. The Morgan fingerprint density at radius 2 is 2.00 bits per heavy atom. The van der Waals surface area contributed by atoms with Gasteiger partial charge in [-0.3, -0.25) is 0 Å². The molecule has 0 aromatic carbocycles. The number of hydrogen-bond acceptors (Lipinski definition) is 3. The van der Waals surface area contributed by atoms with Crippen LogP contribution in [0.5, 0.6) is 0 Å². The van der Waals surface area contributed by atoms with E-state index < -0.39 is 6.46 Å². The third-order valence-electron chi connectivity index (χ3n) is 0.980. The SMILES string of the molecule is CCCCCOS(=S)(=S)S. The molecule has 0 atom stereocenters. The predicted octanol–water partition coefficient (Wildman–Crippen LogP) is 2.03. The molecule has 0 bridgehead atoms. The summed E-state index contributed by atoms with van der Waals surface area (Å²) in [7, 11) is 0. The monoisotopic (exact) mass is 216 g/mol. The van der Waals surface area contributed by atoms with Gasteiger partial charge in [-0.1, -0.05) is 31.4 Å². The maximum Gasteiger partial charge on any atom is 0.0679 e. The van der Waals surface area contributed by atoms with Gasteiger partial charge in [0.05, 0.1) is 13.1 Å². The van der Waals surface area contributed by atoms with Crippen molar-refractivity contribution in [2.24, 2.45) is 0 Å². The highest BCUT2D eigenvalue weighted by atomic mass is 33.5. The van der Waals surface area contributed by atoms with E-state index in [2.05, 4.69) is 18.6 Å². The minimum Gasteiger partial charge on any atom is -0.302 e. The molecule has 0 saturated heterocycles. The van der Waals surface area contributed by atoms with Crippen LogP contribution >= 0.6 is 11.7 Å². The fraction of sp³-hybridized carbons (Fsp3) is 1.00. The quantitative estimate of drug-likeness (QED) is 0.428. The van der Waals surface area contributed by atoms with Gasteiger partial charge in [0.1, 0.15) is 0 Å². The van der Waals surface area contributed by atoms with Gasteiger partial charge >= 0.3 is 0 Å². The average molecular weight is 216 g/mol. The molecule has 0 unspecified atom stereocenters. The summed E-state index contributed by atoms with van der Waals surface area (Å²) in [6, 6.07) is 0. The van der Waals surface area contributed by atoms with Gasteiger partial charge in [-0.15, -0.1) is 0 Å². The summed E-state index contributed by atoms with van der Waals surface area (Å²) in [5.41, 5.74) is 0. The van der Waals surface area contributed by atoms with E-state index in [4.69, 9.17) is 26.6 Å². The van der Waals surface area contributed by atoms with Crippen molar-refractivity contribution in [2.45, 2.75) is 26.2 Å². The van der Waals surface area contributed by atoms with Crippen molar-refractivity contribution < 1.29 is 4.18 Å². The van der Waals surface area contributed by atoms with Gasteiger partial charge in [-0.05, 0) is 28.8 Å². The van der Waals surface area contributed by atoms with Crippen molar-refractivity contribution in [3.8, 4) is 0 Å². The van der Waals surface area contributed by atoms with Crippen LogP contribution in [0.1, 0.15) is 26.2 Å². The molecule has 0 amide bonds. The lowest BCUT2D eigenvalue weighted by Crippen LogP contribution is -1.96. The Kier molecular flexibility index (Phi) is 6.34. The standard InChI is InChI=1S/C5H12OS4/c1-2-3-4-5-6-10(7,8)9/h2-5H2,1H3,(H,7,8,9). The highest BCUT2D eigenvalue weighted by Gasteiger charge is 1.92. The minimum absolute atomic E-state index is 0.666.